The fraction of sp³-hybridized carbons (Fsp3) is 0.429. The average molecular weight is 297 g/mol. The Labute approximate surface area is 122 Å². The SMILES string of the molecule is CC(C)(C)OC(=O)N1CCC(=O)Nc2ccc(Cl)cc21. The minimum Gasteiger partial charge on any atom is -0.443 e. The summed E-state index contributed by atoms with van der Waals surface area (Å²) in [5.74, 6) is -0.139. The molecule has 0 fully saturated rings. The van der Waals surface area contributed by atoms with Gasteiger partial charge in [-0.2, -0.15) is 0 Å². The molecule has 5 nitrogen and oxygen atoms in total. The molecular formula is C14H17ClN2O3. The summed E-state index contributed by atoms with van der Waals surface area (Å²) < 4.78 is 5.37. The number of amides is 2. The van der Waals surface area contributed by atoms with E-state index in [4.69, 9.17) is 16.3 Å². The minimum absolute atomic E-state index is 0.139. The molecule has 1 aliphatic rings. The van der Waals surface area contributed by atoms with Crippen molar-refractivity contribution in [1.82, 2.24) is 0 Å². The number of carbonyl (C=O) groups excluding carboxylic acids is 2. The fourth-order valence-electron chi connectivity index (χ4n) is 1.89. The average Bonchev–Trinajstić information content (AvgIpc) is 2.45. The molecule has 0 aromatic heterocycles. The first-order valence-electron chi connectivity index (χ1n) is 6.36. The first-order valence-corrected chi connectivity index (χ1v) is 6.74. The van der Waals surface area contributed by atoms with Crippen LogP contribution in [0.25, 0.3) is 0 Å². The minimum atomic E-state index is -0.598. The molecule has 0 saturated heterocycles. The number of benzene rings is 1. The van der Waals surface area contributed by atoms with E-state index < -0.39 is 11.7 Å². The first kappa shape index (κ1) is 14.7. The van der Waals surface area contributed by atoms with Gasteiger partial charge in [0.1, 0.15) is 5.60 Å². The van der Waals surface area contributed by atoms with Gasteiger partial charge in [-0.05, 0) is 39.0 Å². The molecule has 6 heteroatoms. The van der Waals surface area contributed by atoms with E-state index in [0.29, 0.717) is 16.4 Å². The third kappa shape index (κ3) is 3.42. The third-order valence-corrected chi connectivity index (χ3v) is 2.94. The number of ether oxygens (including phenoxy) is 1. The number of nitrogens with zero attached hydrogens (tertiary/aromatic N) is 1. The highest BCUT2D eigenvalue weighted by atomic mass is 35.5. The molecule has 0 aliphatic carbocycles. The van der Waals surface area contributed by atoms with Crippen LogP contribution in [0.5, 0.6) is 0 Å². The second-order valence-corrected chi connectivity index (χ2v) is 6.03. The lowest BCUT2D eigenvalue weighted by Crippen LogP contribution is -2.37. The van der Waals surface area contributed by atoms with Crippen molar-refractivity contribution in [3.63, 3.8) is 0 Å². The summed E-state index contributed by atoms with van der Waals surface area (Å²) >= 11 is 5.98. The molecule has 108 valence electrons. The predicted molar refractivity (Wildman–Crippen MR) is 78.3 cm³/mol. The van der Waals surface area contributed by atoms with Crippen LogP contribution in [0.3, 0.4) is 0 Å². The van der Waals surface area contributed by atoms with Crippen LogP contribution in [0.15, 0.2) is 18.2 Å². The zero-order valence-electron chi connectivity index (χ0n) is 11.7. The van der Waals surface area contributed by atoms with Crippen LogP contribution in [0, 0.1) is 0 Å². The molecule has 2 rings (SSSR count). The molecular weight excluding hydrogens is 280 g/mol. The molecule has 20 heavy (non-hydrogen) atoms. The van der Waals surface area contributed by atoms with Gasteiger partial charge in [-0.15, -0.1) is 0 Å². The summed E-state index contributed by atoms with van der Waals surface area (Å²) in [6.45, 7) is 5.65. The number of rotatable bonds is 0. The molecule has 1 heterocycles. The summed E-state index contributed by atoms with van der Waals surface area (Å²) in [5, 5.41) is 3.24. The summed E-state index contributed by atoms with van der Waals surface area (Å²) in [4.78, 5) is 25.4. The molecule has 1 aromatic carbocycles. The van der Waals surface area contributed by atoms with E-state index in [0.717, 1.165) is 0 Å². The molecule has 1 aliphatic heterocycles. The maximum atomic E-state index is 12.3. The van der Waals surface area contributed by atoms with Gasteiger partial charge in [-0.25, -0.2) is 4.79 Å². The van der Waals surface area contributed by atoms with Crippen molar-refractivity contribution >= 4 is 35.0 Å². The lowest BCUT2D eigenvalue weighted by atomic mass is 10.2. The number of anilines is 2. The standard InChI is InChI=1S/C14H17ClN2O3/c1-14(2,3)20-13(19)17-7-6-12(18)16-10-5-4-9(15)8-11(10)17/h4-5,8H,6-7H2,1-3H3,(H,16,18). The maximum Gasteiger partial charge on any atom is 0.414 e. The summed E-state index contributed by atoms with van der Waals surface area (Å²) in [7, 11) is 0. The summed E-state index contributed by atoms with van der Waals surface area (Å²) in [6, 6.07) is 4.99. The van der Waals surface area contributed by atoms with Crippen LogP contribution in [0.2, 0.25) is 5.02 Å². The van der Waals surface area contributed by atoms with Gasteiger partial charge in [-0.3, -0.25) is 9.69 Å². The second kappa shape index (κ2) is 5.32. The van der Waals surface area contributed by atoms with E-state index in [9.17, 15) is 9.59 Å². The fourth-order valence-corrected chi connectivity index (χ4v) is 2.05. The molecule has 0 atom stereocenters. The van der Waals surface area contributed by atoms with Crippen LogP contribution >= 0.6 is 11.6 Å². The van der Waals surface area contributed by atoms with Crippen LogP contribution in [0.1, 0.15) is 27.2 Å². The van der Waals surface area contributed by atoms with E-state index in [-0.39, 0.29) is 18.9 Å². The Kier molecular flexibility index (Phi) is 3.90. The first-order chi connectivity index (χ1) is 9.26. The topological polar surface area (TPSA) is 58.6 Å². The summed E-state index contributed by atoms with van der Waals surface area (Å²) in [6.07, 6.45) is -0.275. The van der Waals surface area contributed by atoms with Crippen LogP contribution in [-0.4, -0.2) is 24.1 Å². The van der Waals surface area contributed by atoms with Crippen molar-refractivity contribution in [1.29, 1.82) is 0 Å². The Hall–Kier alpha value is -1.75. The van der Waals surface area contributed by atoms with Gasteiger partial charge in [-0.1, -0.05) is 11.6 Å². The van der Waals surface area contributed by atoms with E-state index in [1.807, 2.05) is 0 Å². The monoisotopic (exact) mass is 296 g/mol. The van der Waals surface area contributed by atoms with Crippen molar-refractivity contribution in [3.8, 4) is 0 Å². The number of halogens is 1. The Morgan fingerprint density at radius 3 is 2.75 bits per heavy atom. The number of hydrogen-bond donors (Lipinski definition) is 1. The third-order valence-electron chi connectivity index (χ3n) is 2.70. The van der Waals surface area contributed by atoms with E-state index in [2.05, 4.69) is 5.32 Å². The van der Waals surface area contributed by atoms with Crippen molar-refractivity contribution in [2.24, 2.45) is 0 Å². The van der Waals surface area contributed by atoms with Crippen molar-refractivity contribution < 1.29 is 14.3 Å². The number of nitrogens with one attached hydrogen (secondary N) is 1. The van der Waals surface area contributed by atoms with Gasteiger partial charge < -0.3 is 10.1 Å². The van der Waals surface area contributed by atoms with Crippen molar-refractivity contribution in [2.75, 3.05) is 16.8 Å². The molecule has 2 amide bonds. The molecule has 0 unspecified atom stereocenters. The van der Waals surface area contributed by atoms with Gasteiger partial charge >= 0.3 is 6.09 Å². The lowest BCUT2D eigenvalue weighted by molar-refractivity contribution is -0.115. The van der Waals surface area contributed by atoms with Gasteiger partial charge in [0.2, 0.25) is 5.91 Å². The number of carbonyl (C=O) groups is 2. The van der Waals surface area contributed by atoms with Crippen LogP contribution < -0.4 is 10.2 Å². The van der Waals surface area contributed by atoms with Gasteiger partial charge in [0.15, 0.2) is 0 Å². The zero-order chi connectivity index (χ0) is 14.9. The Morgan fingerprint density at radius 1 is 1.40 bits per heavy atom. The number of hydrogen-bond acceptors (Lipinski definition) is 3. The van der Waals surface area contributed by atoms with Crippen molar-refractivity contribution in [3.05, 3.63) is 23.2 Å². The molecule has 1 N–H and O–H groups in total. The molecule has 0 radical (unpaired) electrons. The van der Waals surface area contributed by atoms with E-state index >= 15 is 0 Å². The quantitative estimate of drug-likeness (QED) is 0.798. The van der Waals surface area contributed by atoms with E-state index in [1.165, 1.54) is 4.90 Å². The maximum absolute atomic E-state index is 12.3. The molecule has 0 bridgehead atoms. The molecule has 1 aromatic rings. The Morgan fingerprint density at radius 2 is 2.10 bits per heavy atom. The normalized spacial score (nSPS) is 15.2. The smallest absolute Gasteiger partial charge is 0.414 e. The van der Waals surface area contributed by atoms with Crippen LogP contribution in [0.4, 0.5) is 16.2 Å². The lowest BCUT2D eigenvalue weighted by Gasteiger charge is -2.27. The van der Waals surface area contributed by atoms with Crippen LogP contribution in [-0.2, 0) is 9.53 Å². The van der Waals surface area contributed by atoms with Gasteiger partial charge in [0.25, 0.3) is 0 Å². The van der Waals surface area contributed by atoms with Crippen molar-refractivity contribution in [2.45, 2.75) is 32.8 Å². The molecule has 0 spiro atoms. The largest absolute Gasteiger partial charge is 0.443 e. The second-order valence-electron chi connectivity index (χ2n) is 5.59. The molecule has 0 saturated carbocycles. The zero-order valence-corrected chi connectivity index (χ0v) is 12.5. The van der Waals surface area contributed by atoms with Gasteiger partial charge in [0.05, 0.1) is 11.4 Å². The highest BCUT2D eigenvalue weighted by Crippen LogP contribution is 2.32. The van der Waals surface area contributed by atoms with E-state index in [1.54, 1.807) is 39.0 Å². The summed E-state index contributed by atoms with van der Waals surface area (Å²) in [5.41, 5.74) is 0.514. The number of fused-ring (bicyclic) bond motifs is 1. The Balaban J connectivity index is 2.37. The predicted octanol–water partition coefficient (Wildman–Crippen LogP) is 3.42. The Bertz CT molecular complexity index is 552. The van der Waals surface area contributed by atoms with Gasteiger partial charge in [0, 0.05) is 18.0 Å². The highest BCUT2D eigenvalue weighted by molar-refractivity contribution is 6.31. The highest BCUT2D eigenvalue weighted by Gasteiger charge is 2.28.